The highest BCUT2D eigenvalue weighted by molar-refractivity contribution is 5.95. The Morgan fingerprint density at radius 1 is 1.30 bits per heavy atom. The fourth-order valence-corrected chi connectivity index (χ4v) is 3.65. The van der Waals surface area contributed by atoms with Gasteiger partial charge < -0.3 is 14.8 Å². The first-order chi connectivity index (χ1) is 10.5. The maximum atomic E-state index is 12.8. The molecular weight excluding hydrogens is 310 g/mol. The Balaban J connectivity index is 0.00000264. The molecule has 2 rings (SSSR count). The minimum absolute atomic E-state index is 0. The summed E-state index contributed by atoms with van der Waals surface area (Å²) in [5.74, 6) is 0.925. The maximum Gasteiger partial charge on any atom is 0.255 e. The van der Waals surface area contributed by atoms with Gasteiger partial charge in [-0.3, -0.25) is 4.79 Å². The van der Waals surface area contributed by atoms with Crippen LogP contribution in [0.1, 0.15) is 61.4 Å². The van der Waals surface area contributed by atoms with Gasteiger partial charge in [-0.2, -0.15) is 0 Å². The van der Waals surface area contributed by atoms with Crippen LogP contribution in [0.15, 0.2) is 6.07 Å². The van der Waals surface area contributed by atoms with Gasteiger partial charge in [-0.05, 0) is 65.6 Å². The molecule has 0 spiro atoms. The summed E-state index contributed by atoms with van der Waals surface area (Å²) in [7, 11) is 0. The van der Waals surface area contributed by atoms with Gasteiger partial charge in [0.2, 0.25) is 0 Å². The van der Waals surface area contributed by atoms with Crippen molar-refractivity contribution in [3.63, 3.8) is 0 Å². The Kier molecular flexibility index (Phi) is 7.62. The van der Waals surface area contributed by atoms with Gasteiger partial charge in [-0.25, -0.2) is 0 Å². The molecule has 1 aliphatic heterocycles. The van der Waals surface area contributed by atoms with E-state index in [-0.39, 0.29) is 18.3 Å². The van der Waals surface area contributed by atoms with E-state index in [9.17, 15) is 4.79 Å². The second kappa shape index (κ2) is 8.74. The third-order valence-electron chi connectivity index (χ3n) is 4.82. The molecule has 1 aliphatic rings. The summed E-state index contributed by atoms with van der Waals surface area (Å²) in [5.41, 5.74) is 3.17. The number of likely N-dealkylation sites (tertiary alicyclic amines) is 1. The Bertz CT molecular complexity index is 517. The normalized spacial score (nSPS) is 15.8. The quantitative estimate of drug-likeness (QED) is 0.889. The number of rotatable bonds is 5. The first-order valence-corrected chi connectivity index (χ1v) is 8.64. The Labute approximate surface area is 147 Å². The number of carbonyl (C=O) groups is 1. The van der Waals surface area contributed by atoms with Crippen molar-refractivity contribution < 1.29 is 4.79 Å². The first kappa shape index (κ1) is 20.0. The average molecular weight is 342 g/mol. The van der Waals surface area contributed by atoms with Crippen LogP contribution in [-0.2, 0) is 0 Å². The molecule has 1 fully saturated rings. The zero-order valence-electron chi connectivity index (χ0n) is 15.2. The molecule has 132 valence electrons. The van der Waals surface area contributed by atoms with Crippen LogP contribution >= 0.6 is 12.4 Å². The molecule has 0 saturated carbocycles. The van der Waals surface area contributed by atoms with E-state index in [0.29, 0.717) is 12.0 Å². The molecule has 4 nitrogen and oxygen atoms in total. The van der Waals surface area contributed by atoms with E-state index in [2.05, 4.69) is 50.6 Å². The first-order valence-electron chi connectivity index (χ1n) is 8.64. The lowest BCUT2D eigenvalue weighted by atomic mass is 9.96. The molecule has 2 heterocycles. The van der Waals surface area contributed by atoms with Crippen LogP contribution in [0, 0.1) is 19.8 Å². The van der Waals surface area contributed by atoms with E-state index in [1.54, 1.807) is 0 Å². The van der Waals surface area contributed by atoms with Gasteiger partial charge in [0.05, 0.1) is 5.56 Å². The van der Waals surface area contributed by atoms with Crippen molar-refractivity contribution in [3.05, 3.63) is 23.0 Å². The van der Waals surface area contributed by atoms with Crippen molar-refractivity contribution in [3.8, 4) is 0 Å². The lowest BCUT2D eigenvalue weighted by Gasteiger charge is -2.32. The summed E-state index contributed by atoms with van der Waals surface area (Å²) in [4.78, 5) is 14.9. The van der Waals surface area contributed by atoms with Crippen molar-refractivity contribution in [2.45, 2.75) is 53.5 Å². The van der Waals surface area contributed by atoms with Gasteiger partial charge >= 0.3 is 0 Å². The number of hydrogen-bond donors (Lipinski definition) is 1. The summed E-state index contributed by atoms with van der Waals surface area (Å²) in [6.45, 7) is 14.5. The summed E-state index contributed by atoms with van der Waals surface area (Å²) in [6.07, 6.45) is 2.23. The predicted molar refractivity (Wildman–Crippen MR) is 98.7 cm³/mol. The lowest BCUT2D eigenvalue weighted by Crippen LogP contribution is -2.40. The van der Waals surface area contributed by atoms with Gasteiger partial charge in [0.25, 0.3) is 5.91 Å². The topological polar surface area (TPSA) is 37.3 Å². The third kappa shape index (κ3) is 4.51. The minimum atomic E-state index is 0. The van der Waals surface area contributed by atoms with Crippen molar-refractivity contribution in [2.24, 2.45) is 5.92 Å². The molecule has 0 atom stereocenters. The van der Waals surface area contributed by atoms with Crippen molar-refractivity contribution >= 4 is 18.3 Å². The van der Waals surface area contributed by atoms with Gasteiger partial charge in [-0.15, -0.1) is 12.4 Å². The number of aryl methyl sites for hydroxylation is 1. The minimum Gasteiger partial charge on any atom is -0.346 e. The summed E-state index contributed by atoms with van der Waals surface area (Å²) < 4.78 is 2.26. The summed E-state index contributed by atoms with van der Waals surface area (Å²) in [5, 5.41) is 3.42. The highest BCUT2D eigenvalue weighted by atomic mass is 35.5. The largest absolute Gasteiger partial charge is 0.346 e. The Morgan fingerprint density at radius 3 is 2.39 bits per heavy atom. The van der Waals surface area contributed by atoms with Crippen molar-refractivity contribution in [2.75, 3.05) is 26.2 Å². The highest BCUT2D eigenvalue weighted by Crippen LogP contribution is 2.24. The second-order valence-corrected chi connectivity index (χ2v) is 6.79. The van der Waals surface area contributed by atoms with E-state index in [0.717, 1.165) is 50.3 Å². The molecule has 1 saturated heterocycles. The molecule has 0 bridgehead atoms. The van der Waals surface area contributed by atoms with Gasteiger partial charge in [0.15, 0.2) is 0 Å². The van der Waals surface area contributed by atoms with E-state index in [1.807, 2.05) is 4.90 Å². The SMILES string of the molecule is CCNCC1CCN(C(=O)c2cc(C)n(C(C)C)c2C)CC1.Cl. The van der Waals surface area contributed by atoms with Gasteiger partial charge in [-0.1, -0.05) is 6.92 Å². The molecule has 1 amide bonds. The molecule has 0 aliphatic carbocycles. The summed E-state index contributed by atoms with van der Waals surface area (Å²) in [6, 6.07) is 2.45. The van der Waals surface area contributed by atoms with Crippen LogP contribution in [0.2, 0.25) is 0 Å². The standard InChI is InChI=1S/C18H31N3O.ClH/c1-6-19-12-16-7-9-20(10-8-16)18(22)17-11-14(4)21(13(2)3)15(17)5;/h11,13,16,19H,6-10,12H2,1-5H3;1H. The predicted octanol–water partition coefficient (Wildman–Crippen LogP) is 3.57. The highest BCUT2D eigenvalue weighted by Gasteiger charge is 2.26. The second-order valence-electron chi connectivity index (χ2n) is 6.79. The van der Waals surface area contributed by atoms with E-state index in [4.69, 9.17) is 0 Å². The van der Waals surface area contributed by atoms with Gasteiger partial charge in [0.1, 0.15) is 0 Å². The molecule has 1 N–H and O–H groups in total. The van der Waals surface area contributed by atoms with Crippen LogP contribution < -0.4 is 5.32 Å². The molecule has 5 heteroatoms. The van der Waals surface area contributed by atoms with Crippen LogP contribution in [-0.4, -0.2) is 41.6 Å². The number of nitrogens with one attached hydrogen (secondary N) is 1. The lowest BCUT2D eigenvalue weighted by molar-refractivity contribution is 0.0689. The Hall–Kier alpha value is -1.00. The van der Waals surface area contributed by atoms with Crippen molar-refractivity contribution in [1.82, 2.24) is 14.8 Å². The average Bonchev–Trinajstić information content (AvgIpc) is 2.79. The molecule has 0 aromatic carbocycles. The number of aromatic nitrogens is 1. The van der Waals surface area contributed by atoms with Crippen LogP contribution in [0.25, 0.3) is 0 Å². The molecule has 0 radical (unpaired) electrons. The molecule has 23 heavy (non-hydrogen) atoms. The number of piperidine rings is 1. The number of nitrogens with zero attached hydrogens (tertiary/aromatic N) is 2. The van der Waals surface area contributed by atoms with Gasteiger partial charge in [0, 0.05) is 30.5 Å². The zero-order valence-corrected chi connectivity index (χ0v) is 16.0. The molecule has 1 aromatic heterocycles. The fraction of sp³-hybridized carbons (Fsp3) is 0.722. The molecule has 0 unspecified atom stereocenters. The monoisotopic (exact) mass is 341 g/mol. The fourth-order valence-electron chi connectivity index (χ4n) is 3.65. The summed E-state index contributed by atoms with van der Waals surface area (Å²) >= 11 is 0. The number of amides is 1. The number of carbonyl (C=O) groups excluding carboxylic acids is 1. The smallest absolute Gasteiger partial charge is 0.255 e. The Morgan fingerprint density at radius 2 is 1.91 bits per heavy atom. The van der Waals surface area contributed by atoms with Crippen LogP contribution in [0.3, 0.4) is 0 Å². The third-order valence-corrected chi connectivity index (χ3v) is 4.82. The number of hydrogen-bond acceptors (Lipinski definition) is 2. The maximum absolute atomic E-state index is 12.8. The van der Waals surface area contributed by atoms with E-state index >= 15 is 0 Å². The van der Waals surface area contributed by atoms with Crippen LogP contribution in [0.5, 0.6) is 0 Å². The van der Waals surface area contributed by atoms with E-state index < -0.39 is 0 Å². The van der Waals surface area contributed by atoms with E-state index in [1.165, 1.54) is 5.69 Å². The molecule has 1 aromatic rings. The van der Waals surface area contributed by atoms with Crippen molar-refractivity contribution in [1.29, 1.82) is 0 Å². The number of halogens is 1. The zero-order chi connectivity index (χ0) is 16.3. The molecular formula is C18H32ClN3O. The van der Waals surface area contributed by atoms with Crippen LogP contribution in [0.4, 0.5) is 0 Å².